The fourth-order valence-electron chi connectivity index (χ4n) is 3.57. The van der Waals surface area contributed by atoms with Crippen LogP contribution in [0.3, 0.4) is 0 Å². The molecule has 0 radical (unpaired) electrons. The summed E-state index contributed by atoms with van der Waals surface area (Å²) in [7, 11) is -1.51. The zero-order valence-corrected chi connectivity index (χ0v) is 20.5. The first-order chi connectivity index (χ1) is 16.3. The first-order valence-electron chi connectivity index (χ1n) is 10.6. The maximum absolute atomic E-state index is 12.7. The Morgan fingerprint density at radius 3 is 2.50 bits per heavy atom. The van der Waals surface area contributed by atoms with Gasteiger partial charge in [-0.1, -0.05) is 23.9 Å². The highest BCUT2D eigenvalue weighted by Crippen LogP contribution is 2.28. The number of carbonyl (C=O) groups is 1. The smallest absolute Gasteiger partial charge is 0.234 e. The van der Waals surface area contributed by atoms with E-state index in [2.05, 4.69) is 25.1 Å². The van der Waals surface area contributed by atoms with Gasteiger partial charge in [-0.05, 0) is 36.4 Å². The third-order valence-corrected chi connectivity index (χ3v) is 6.77. The number of thioether (sulfide) groups is 1. The lowest BCUT2D eigenvalue weighted by Crippen LogP contribution is -2.36. The second-order valence-corrected chi connectivity index (χ2v) is 10.5. The number of sulfonamides is 1. The van der Waals surface area contributed by atoms with Crippen molar-refractivity contribution in [3.63, 3.8) is 0 Å². The Kier molecular flexibility index (Phi) is 7.39. The van der Waals surface area contributed by atoms with Gasteiger partial charge in [-0.15, -0.1) is 10.2 Å². The van der Waals surface area contributed by atoms with Gasteiger partial charge in [0.1, 0.15) is 0 Å². The SMILES string of the molecule is Cn1c(SCC(=O)Nc2ccccc2N2CCOCC2)nnc1-c1ccc(NS(C)(=O)=O)cc1. The zero-order valence-electron chi connectivity index (χ0n) is 18.9. The number of carbonyl (C=O) groups excluding carboxylic acids is 1. The van der Waals surface area contributed by atoms with E-state index in [9.17, 15) is 13.2 Å². The number of para-hydroxylation sites is 2. The topological polar surface area (TPSA) is 118 Å². The van der Waals surface area contributed by atoms with Crippen molar-refractivity contribution in [2.24, 2.45) is 7.05 Å². The number of morpholine rings is 1. The van der Waals surface area contributed by atoms with Crippen LogP contribution < -0.4 is 14.9 Å². The Bertz CT molecular complexity index is 1250. The van der Waals surface area contributed by atoms with E-state index in [1.54, 1.807) is 28.8 Å². The Morgan fingerprint density at radius 2 is 1.79 bits per heavy atom. The van der Waals surface area contributed by atoms with E-state index in [0.717, 1.165) is 36.3 Å². The van der Waals surface area contributed by atoms with E-state index in [-0.39, 0.29) is 11.7 Å². The molecule has 1 fully saturated rings. The quantitative estimate of drug-likeness (QED) is 0.451. The molecule has 1 aliphatic rings. The van der Waals surface area contributed by atoms with Crippen molar-refractivity contribution < 1.29 is 17.9 Å². The summed E-state index contributed by atoms with van der Waals surface area (Å²) in [6.45, 7) is 2.91. The number of rotatable bonds is 8. The maximum Gasteiger partial charge on any atom is 0.234 e. The molecule has 1 aliphatic heterocycles. The van der Waals surface area contributed by atoms with E-state index < -0.39 is 10.0 Å². The van der Waals surface area contributed by atoms with Crippen molar-refractivity contribution in [1.29, 1.82) is 0 Å². The molecule has 2 heterocycles. The molecule has 0 aliphatic carbocycles. The second kappa shape index (κ2) is 10.5. The molecule has 12 heteroatoms. The number of aromatic nitrogens is 3. The Labute approximate surface area is 202 Å². The Hall–Kier alpha value is -3.09. The van der Waals surface area contributed by atoms with E-state index in [1.807, 2.05) is 31.3 Å². The van der Waals surface area contributed by atoms with Crippen LogP contribution >= 0.6 is 11.8 Å². The van der Waals surface area contributed by atoms with Gasteiger partial charge in [-0.25, -0.2) is 8.42 Å². The molecule has 0 bridgehead atoms. The summed E-state index contributed by atoms with van der Waals surface area (Å²) >= 11 is 1.29. The van der Waals surface area contributed by atoms with Crippen molar-refractivity contribution in [2.75, 3.05) is 53.3 Å². The summed E-state index contributed by atoms with van der Waals surface area (Å²) in [5.74, 6) is 0.665. The van der Waals surface area contributed by atoms with Crippen LogP contribution in [0.25, 0.3) is 11.4 Å². The number of nitrogens with zero attached hydrogens (tertiary/aromatic N) is 4. The lowest BCUT2D eigenvalue weighted by atomic mass is 10.2. The van der Waals surface area contributed by atoms with Crippen LogP contribution in [-0.4, -0.2) is 67.4 Å². The van der Waals surface area contributed by atoms with E-state index in [4.69, 9.17) is 4.74 Å². The minimum Gasteiger partial charge on any atom is -0.378 e. The van der Waals surface area contributed by atoms with E-state index in [0.29, 0.717) is 29.9 Å². The van der Waals surface area contributed by atoms with Crippen molar-refractivity contribution in [3.05, 3.63) is 48.5 Å². The molecule has 0 unspecified atom stereocenters. The van der Waals surface area contributed by atoms with Gasteiger partial charge in [0.25, 0.3) is 0 Å². The molecule has 4 rings (SSSR count). The number of hydrogen-bond acceptors (Lipinski definition) is 8. The largest absolute Gasteiger partial charge is 0.378 e. The standard InChI is InChI=1S/C22H26N6O4S2/c1-27-21(16-7-9-17(10-8-16)26-34(2,30)31)24-25-22(27)33-15-20(29)23-18-5-3-4-6-19(18)28-11-13-32-14-12-28/h3-10,26H,11-15H2,1-2H3,(H,23,29). The van der Waals surface area contributed by atoms with E-state index in [1.165, 1.54) is 11.8 Å². The predicted molar refractivity (Wildman–Crippen MR) is 134 cm³/mol. The van der Waals surface area contributed by atoms with Crippen molar-refractivity contribution in [3.8, 4) is 11.4 Å². The maximum atomic E-state index is 12.7. The molecular formula is C22H26N6O4S2. The van der Waals surface area contributed by atoms with Gasteiger partial charge in [0, 0.05) is 31.4 Å². The fraction of sp³-hybridized carbons (Fsp3) is 0.318. The number of benzene rings is 2. The minimum atomic E-state index is -3.34. The van der Waals surface area contributed by atoms with Gasteiger partial charge in [0.15, 0.2) is 11.0 Å². The third kappa shape index (κ3) is 6.07. The summed E-state index contributed by atoms with van der Waals surface area (Å²) in [6.07, 6.45) is 1.10. The number of nitrogens with one attached hydrogen (secondary N) is 2. The minimum absolute atomic E-state index is 0.133. The summed E-state index contributed by atoms with van der Waals surface area (Å²) in [5.41, 5.74) is 3.01. The normalized spacial score (nSPS) is 14.1. The van der Waals surface area contributed by atoms with Gasteiger partial charge in [-0.3, -0.25) is 9.52 Å². The van der Waals surface area contributed by atoms with Crippen molar-refractivity contribution >= 4 is 44.8 Å². The molecule has 1 saturated heterocycles. The summed E-state index contributed by atoms with van der Waals surface area (Å²) in [6, 6.07) is 14.6. The molecule has 2 aromatic carbocycles. The van der Waals surface area contributed by atoms with Gasteiger partial charge in [-0.2, -0.15) is 0 Å². The highest BCUT2D eigenvalue weighted by atomic mass is 32.2. The summed E-state index contributed by atoms with van der Waals surface area (Å²) in [4.78, 5) is 14.9. The van der Waals surface area contributed by atoms with Gasteiger partial charge < -0.3 is 19.5 Å². The van der Waals surface area contributed by atoms with Crippen molar-refractivity contribution in [1.82, 2.24) is 14.8 Å². The zero-order chi connectivity index (χ0) is 24.1. The van der Waals surface area contributed by atoms with Crippen molar-refractivity contribution in [2.45, 2.75) is 5.16 Å². The number of hydrogen-bond donors (Lipinski definition) is 2. The molecule has 1 amide bonds. The first kappa shape index (κ1) is 24.0. The van der Waals surface area contributed by atoms with Crippen LogP contribution in [0.4, 0.5) is 17.1 Å². The molecule has 0 spiro atoms. The molecule has 3 aromatic rings. The monoisotopic (exact) mass is 502 g/mol. The molecule has 2 N–H and O–H groups in total. The molecule has 34 heavy (non-hydrogen) atoms. The highest BCUT2D eigenvalue weighted by molar-refractivity contribution is 7.99. The van der Waals surface area contributed by atoms with Gasteiger partial charge in [0.2, 0.25) is 15.9 Å². The molecule has 0 saturated carbocycles. The summed E-state index contributed by atoms with van der Waals surface area (Å²) < 4.78 is 32.4. The lowest BCUT2D eigenvalue weighted by Gasteiger charge is -2.30. The lowest BCUT2D eigenvalue weighted by molar-refractivity contribution is -0.113. The molecular weight excluding hydrogens is 476 g/mol. The first-order valence-corrected chi connectivity index (χ1v) is 13.5. The summed E-state index contributed by atoms with van der Waals surface area (Å²) in [5, 5.41) is 12.0. The Balaban J connectivity index is 1.38. The van der Waals surface area contributed by atoms with E-state index >= 15 is 0 Å². The van der Waals surface area contributed by atoms with Crippen LogP contribution in [0.1, 0.15) is 0 Å². The number of amides is 1. The average Bonchev–Trinajstić information content (AvgIpc) is 3.18. The van der Waals surface area contributed by atoms with Crippen LogP contribution in [-0.2, 0) is 26.6 Å². The van der Waals surface area contributed by atoms with Gasteiger partial charge in [0.05, 0.1) is 36.6 Å². The predicted octanol–water partition coefficient (Wildman–Crippen LogP) is 2.42. The molecule has 10 nitrogen and oxygen atoms in total. The molecule has 180 valence electrons. The third-order valence-electron chi connectivity index (χ3n) is 5.14. The van der Waals surface area contributed by atoms with Crippen LogP contribution in [0.5, 0.6) is 0 Å². The van der Waals surface area contributed by atoms with Crippen LogP contribution in [0.15, 0.2) is 53.7 Å². The van der Waals surface area contributed by atoms with Crippen LogP contribution in [0, 0.1) is 0 Å². The fourth-order valence-corrected chi connectivity index (χ4v) is 4.84. The highest BCUT2D eigenvalue weighted by Gasteiger charge is 2.17. The number of anilines is 3. The second-order valence-electron chi connectivity index (χ2n) is 7.77. The molecule has 0 atom stereocenters. The molecule has 1 aromatic heterocycles. The van der Waals surface area contributed by atoms with Gasteiger partial charge >= 0.3 is 0 Å². The number of ether oxygens (including phenoxy) is 1. The van der Waals surface area contributed by atoms with Crippen LogP contribution in [0.2, 0.25) is 0 Å². The Morgan fingerprint density at radius 1 is 1.09 bits per heavy atom. The average molecular weight is 503 g/mol.